The zero-order chi connectivity index (χ0) is 7.07. The summed E-state index contributed by atoms with van der Waals surface area (Å²) in [6.07, 6.45) is 7.00. The van der Waals surface area contributed by atoms with E-state index in [1.165, 1.54) is 0 Å². The number of hydrogen-bond donors (Lipinski definition) is 0. The molecule has 0 saturated carbocycles. The van der Waals surface area contributed by atoms with Crippen molar-refractivity contribution in [3.05, 3.63) is 78.8 Å². The van der Waals surface area contributed by atoms with Crippen LogP contribution in [0.25, 0.3) is 0 Å². The van der Waals surface area contributed by atoms with Crippen molar-refractivity contribution in [3.8, 4) is 0 Å². The molecule has 2 aromatic rings. The fourth-order valence-electron chi connectivity index (χ4n) is 0.497. The monoisotopic (exact) mass is 294 g/mol. The first-order chi connectivity index (χ1) is 5.00. The second-order valence-electron chi connectivity index (χ2n) is 1.66. The van der Waals surface area contributed by atoms with Crippen LogP contribution in [0.1, 0.15) is 0 Å². The van der Waals surface area contributed by atoms with Crippen molar-refractivity contribution in [1.82, 2.24) is 9.97 Å². The Morgan fingerprint density at radius 3 is 0.733 bits per heavy atom. The Morgan fingerprint density at radius 1 is 0.467 bits per heavy atom. The molecule has 2 nitrogen and oxygen atoms in total. The Hall–Kier alpha value is -0.817. The summed E-state index contributed by atoms with van der Waals surface area (Å²) >= 11 is 0. The number of hydrogen-bond acceptors (Lipinski definition) is 0. The van der Waals surface area contributed by atoms with Crippen molar-refractivity contribution in [2.45, 2.75) is 0 Å². The van der Waals surface area contributed by atoms with E-state index >= 15 is 0 Å². The molecule has 0 aliphatic rings. The zero-order valence-electron chi connectivity index (χ0n) is 9.87. The molecular formula is C12H20N2Ru. The number of aromatic nitrogens is 2. The van der Waals surface area contributed by atoms with E-state index in [2.05, 4.69) is 9.97 Å². The summed E-state index contributed by atoms with van der Waals surface area (Å²) in [5.74, 6) is 0. The van der Waals surface area contributed by atoms with Gasteiger partial charge in [0.25, 0.3) is 0 Å². The quantitative estimate of drug-likeness (QED) is 0.551. The molecule has 0 aromatic carbocycles. The van der Waals surface area contributed by atoms with Crippen LogP contribution in [0.2, 0.25) is 0 Å². The first kappa shape index (κ1) is 29.2. The molecule has 0 atom stereocenters. The zero-order valence-corrected chi connectivity index (χ0v) is 11.6. The van der Waals surface area contributed by atoms with Crippen LogP contribution < -0.4 is 9.97 Å². The van der Waals surface area contributed by atoms with Gasteiger partial charge in [0.2, 0.25) is 0 Å². The minimum Gasteiger partial charge on any atom is -0.670 e. The van der Waals surface area contributed by atoms with E-state index in [9.17, 15) is 0 Å². The van der Waals surface area contributed by atoms with E-state index in [0.29, 0.717) is 0 Å². The predicted octanol–water partition coefficient (Wildman–Crippen LogP) is 3.09. The van der Waals surface area contributed by atoms with E-state index in [1.54, 1.807) is 24.8 Å². The summed E-state index contributed by atoms with van der Waals surface area (Å²) in [5.41, 5.74) is 0. The molecule has 3 heteroatoms. The van der Waals surface area contributed by atoms with Crippen molar-refractivity contribution in [2.24, 2.45) is 0 Å². The van der Waals surface area contributed by atoms with Crippen LogP contribution in [-0.2, 0) is 19.5 Å². The minimum atomic E-state index is 0. The summed E-state index contributed by atoms with van der Waals surface area (Å²) in [5, 5.41) is 0. The molecule has 0 spiro atoms. The van der Waals surface area contributed by atoms with Gasteiger partial charge >= 0.3 is 19.5 Å². The smallest absolute Gasteiger partial charge is 0.670 e. The fourth-order valence-corrected chi connectivity index (χ4v) is 0.497. The van der Waals surface area contributed by atoms with E-state index in [1.807, 2.05) is 24.3 Å². The Morgan fingerprint density at radius 2 is 0.667 bits per heavy atom. The van der Waals surface area contributed by atoms with Crippen molar-refractivity contribution >= 4 is 0 Å². The van der Waals surface area contributed by atoms with Gasteiger partial charge in [-0.1, -0.05) is 24.3 Å². The van der Waals surface area contributed by atoms with Crippen LogP contribution in [0.15, 0.2) is 49.1 Å². The van der Waals surface area contributed by atoms with Gasteiger partial charge in [-0.2, -0.15) is 24.8 Å². The summed E-state index contributed by atoms with van der Waals surface area (Å²) in [7, 11) is 0. The van der Waals surface area contributed by atoms with Gasteiger partial charge in [-0.25, -0.2) is 0 Å². The Labute approximate surface area is 108 Å². The van der Waals surface area contributed by atoms with Crippen LogP contribution in [0, 0.1) is 29.7 Å². The third-order valence-corrected chi connectivity index (χ3v) is 0.911. The van der Waals surface area contributed by atoms with Crippen molar-refractivity contribution in [2.75, 3.05) is 0 Å². The van der Waals surface area contributed by atoms with Gasteiger partial charge in [-0.05, 0) is 0 Å². The molecular weight excluding hydrogens is 273 g/mol. The Kier molecular flexibility index (Phi) is 45.2. The van der Waals surface area contributed by atoms with Crippen LogP contribution >= 0.6 is 0 Å². The molecule has 0 fully saturated rings. The average molecular weight is 293 g/mol. The second kappa shape index (κ2) is 23.2. The van der Waals surface area contributed by atoms with Crippen LogP contribution in [0.4, 0.5) is 0 Å². The van der Waals surface area contributed by atoms with E-state index < -0.39 is 0 Å². The predicted molar refractivity (Wildman–Crippen MR) is 65.2 cm³/mol. The molecule has 0 amide bonds. The van der Waals surface area contributed by atoms with Gasteiger partial charge in [0, 0.05) is 0 Å². The SMILES string of the molecule is [CH3-].[CH3-].[CH3-].[CH3-].[Ru+6].c1cc[n-]c1.c1cc[n-]c1. The third-order valence-electron chi connectivity index (χ3n) is 0.911. The molecule has 0 bridgehead atoms. The van der Waals surface area contributed by atoms with Crippen molar-refractivity contribution in [1.29, 1.82) is 0 Å². The Bertz CT molecular complexity index is 153. The summed E-state index contributed by atoms with van der Waals surface area (Å²) in [6.45, 7) is 0. The number of rotatable bonds is 0. The van der Waals surface area contributed by atoms with Crippen LogP contribution in [-0.4, -0.2) is 0 Å². The van der Waals surface area contributed by atoms with Crippen molar-refractivity contribution in [3.63, 3.8) is 0 Å². The molecule has 0 radical (unpaired) electrons. The second-order valence-corrected chi connectivity index (χ2v) is 1.66. The molecule has 86 valence electrons. The summed E-state index contributed by atoms with van der Waals surface area (Å²) in [4.78, 5) is 7.44. The molecule has 2 heterocycles. The Balaban J connectivity index is -0.0000000333. The first-order valence-electron chi connectivity index (χ1n) is 3.03. The van der Waals surface area contributed by atoms with Gasteiger partial charge in [-0.3, -0.25) is 0 Å². The summed E-state index contributed by atoms with van der Waals surface area (Å²) in [6, 6.07) is 7.56. The molecule has 15 heavy (non-hydrogen) atoms. The van der Waals surface area contributed by atoms with Crippen molar-refractivity contribution < 1.29 is 19.5 Å². The molecule has 0 aliphatic heterocycles. The maximum absolute atomic E-state index is 3.72. The standard InChI is InChI=1S/2C4H4N.4CH3.Ru/c2*1-2-4-5-3-1;;;;;/h2*1-4H;4*1H3;/q6*-1;+6. The molecule has 0 unspecified atom stereocenters. The number of nitrogens with zero attached hydrogens (tertiary/aromatic N) is 2. The van der Waals surface area contributed by atoms with E-state index in [-0.39, 0.29) is 49.2 Å². The first-order valence-corrected chi connectivity index (χ1v) is 3.03. The normalized spacial score (nSPS) is 5.33. The molecule has 2 aromatic heterocycles. The maximum atomic E-state index is 3.72. The van der Waals surface area contributed by atoms with Gasteiger partial charge in [0.15, 0.2) is 0 Å². The van der Waals surface area contributed by atoms with E-state index in [0.717, 1.165) is 0 Å². The third kappa shape index (κ3) is 19.6. The largest absolute Gasteiger partial charge is 6.00 e. The minimum absolute atomic E-state index is 0. The molecule has 0 saturated heterocycles. The van der Waals surface area contributed by atoms with Gasteiger partial charge in [0.1, 0.15) is 0 Å². The van der Waals surface area contributed by atoms with Gasteiger partial charge < -0.3 is 39.7 Å². The molecule has 0 N–H and O–H groups in total. The van der Waals surface area contributed by atoms with Crippen LogP contribution in [0.5, 0.6) is 0 Å². The molecule has 0 aliphatic carbocycles. The summed E-state index contributed by atoms with van der Waals surface area (Å²) < 4.78 is 0. The van der Waals surface area contributed by atoms with E-state index in [4.69, 9.17) is 0 Å². The van der Waals surface area contributed by atoms with Crippen LogP contribution in [0.3, 0.4) is 0 Å². The van der Waals surface area contributed by atoms with Gasteiger partial charge in [0.05, 0.1) is 0 Å². The van der Waals surface area contributed by atoms with Gasteiger partial charge in [-0.15, -0.1) is 0 Å². The maximum Gasteiger partial charge on any atom is 6.00 e. The molecule has 2 rings (SSSR count). The fraction of sp³-hybridized carbons (Fsp3) is 0. The topological polar surface area (TPSA) is 28.2 Å². The average Bonchev–Trinajstić information content (AvgIpc) is 2.67.